The Balaban J connectivity index is 1.70. The average Bonchev–Trinajstić information content (AvgIpc) is 3.10. The molecule has 0 aliphatic rings. The zero-order valence-corrected chi connectivity index (χ0v) is 14.4. The van der Waals surface area contributed by atoms with Gasteiger partial charge in [0.2, 0.25) is 5.91 Å². The van der Waals surface area contributed by atoms with Gasteiger partial charge in [-0.05, 0) is 48.0 Å². The molecule has 0 radical (unpaired) electrons. The summed E-state index contributed by atoms with van der Waals surface area (Å²) in [6.45, 7) is 0. The molecule has 0 aliphatic heterocycles. The maximum absolute atomic E-state index is 13.0. The molecular formula is C20H15FN2O2S. The van der Waals surface area contributed by atoms with Crippen LogP contribution in [0.25, 0.3) is 16.5 Å². The van der Waals surface area contributed by atoms with Crippen LogP contribution in [0.2, 0.25) is 0 Å². The Morgan fingerprint density at radius 2 is 1.73 bits per heavy atom. The first-order valence-electron chi connectivity index (χ1n) is 7.76. The van der Waals surface area contributed by atoms with Crippen molar-refractivity contribution >= 4 is 34.9 Å². The number of thiophene rings is 1. The van der Waals surface area contributed by atoms with Gasteiger partial charge in [0.15, 0.2) is 0 Å². The van der Waals surface area contributed by atoms with Gasteiger partial charge < -0.3 is 11.1 Å². The molecule has 0 saturated heterocycles. The van der Waals surface area contributed by atoms with Crippen LogP contribution in [0.5, 0.6) is 0 Å². The fourth-order valence-corrected chi connectivity index (χ4v) is 3.27. The monoisotopic (exact) mass is 366 g/mol. The van der Waals surface area contributed by atoms with E-state index in [2.05, 4.69) is 5.32 Å². The molecular weight excluding hydrogens is 351 g/mol. The second kappa shape index (κ2) is 7.76. The van der Waals surface area contributed by atoms with Gasteiger partial charge in [0.1, 0.15) is 5.82 Å². The molecule has 6 heteroatoms. The van der Waals surface area contributed by atoms with Crippen LogP contribution in [0.15, 0.2) is 66.7 Å². The van der Waals surface area contributed by atoms with Gasteiger partial charge in [0.25, 0.3) is 5.91 Å². The number of carbonyl (C=O) groups excluding carboxylic acids is 2. The Morgan fingerprint density at radius 1 is 1.00 bits per heavy atom. The van der Waals surface area contributed by atoms with Crippen molar-refractivity contribution in [3.63, 3.8) is 0 Å². The quantitative estimate of drug-likeness (QED) is 0.661. The summed E-state index contributed by atoms with van der Waals surface area (Å²) >= 11 is 1.48. The molecule has 0 unspecified atom stereocenters. The summed E-state index contributed by atoms with van der Waals surface area (Å²) in [7, 11) is 0. The molecule has 0 atom stereocenters. The second-order valence-corrected chi connectivity index (χ2v) is 6.56. The average molecular weight is 366 g/mol. The molecule has 3 aromatic rings. The Morgan fingerprint density at radius 3 is 2.46 bits per heavy atom. The van der Waals surface area contributed by atoms with Crippen molar-refractivity contribution in [2.24, 2.45) is 5.73 Å². The smallest absolute Gasteiger partial charge is 0.250 e. The van der Waals surface area contributed by atoms with Gasteiger partial charge in [-0.25, -0.2) is 4.39 Å². The van der Waals surface area contributed by atoms with Gasteiger partial charge in [-0.2, -0.15) is 0 Å². The third kappa shape index (κ3) is 4.23. The Hall–Kier alpha value is -3.25. The van der Waals surface area contributed by atoms with E-state index in [1.807, 2.05) is 12.1 Å². The number of benzene rings is 2. The molecule has 3 N–H and O–H groups in total. The van der Waals surface area contributed by atoms with Crippen LogP contribution >= 0.6 is 11.3 Å². The molecule has 0 saturated carbocycles. The van der Waals surface area contributed by atoms with Crippen molar-refractivity contribution in [2.75, 3.05) is 5.32 Å². The number of nitrogens with one attached hydrogen (secondary N) is 1. The first-order valence-corrected chi connectivity index (χ1v) is 8.58. The molecule has 0 fully saturated rings. The van der Waals surface area contributed by atoms with E-state index in [0.717, 1.165) is 15.3 Å². The molecule has 1 aromatic heterocycles. The molecule has 2 aromatic carbocycles. The zero-order chi connectivity index (χ0) is 18.5. The Kier molecular flexibility index (Phi) is 5.24. The number of primary amides is 1. The lowest BCUT2D eigenvalue weighted by atomic mass is 10.1. The molecule has 0 spiro atoms. The summed E-state index contributed by atoms with van der Waals surface area (Å²) in [5.74, 6) is -1.25. The fraction of sp³-hybridized carbons (Fsp3) is 0. The van der Waals surface area contributed by atoms with Crippen LogP contribution in [-0.2, 0) is 4.79 Å². The number of halogens is 1. The van der Waals surface area contributed by atoms with E-state index in [4.69, 9.17) is 5.73 Å². The largest absolute Gasteiger partial charge is 0.366 e. The van der Waals surface area contributed by atoms with Crippen molar-refractivity contribution in [2.45, 2.75) is 0 Å². The number of hydrogen-bond donors (Lipinski definition) is 2. The lowest BCUT2D eigenvalue weighted by molar-refractivity contribution is -0.111. The number of rotatable bonds is 5. The number of carbonyl (C=O) groups is 2. The maximum Gasteiger partial charge on any atom is 0.250 e. The first kappa shape index (κ1) is 17.6. The van der Waals surface area contributed by atoms with Gasteiger partial charge >= 0.3 is 0 Å². The SMILES string of the molecule is NC(=O)c1ccccc1NC(=O)/C=C/c1ccc(-c2ccc(F)cc2)s1. The van der Waals surface area contributed by atoms with Crippen LogP contribution in [0, 0.1) is 5.82 Å². The second-order valence-electron chi connectivity index (χ2n) is 5.44. The number of amides is 2. The van der Waals surface area contributed by atoms with Crippen molar-refractivity contribution in [1.82, 2.24) is 0 Å². The summed E-state index contributed by atoms with van der Waals surface area (Å²) < 4.78 is 13.0. The summed E-state index contributed by atoms with van der Waals surface area (Å²) in [5, 5.41) is 2.64. The minimum Gasteiger partial charge on any atom is -0.366 e. The van der Waals surface area contributed by atoms with Crippen molar-refractivity contribution in [3.8, 4) is 10.4 Å². The predicted molar refractivity (Wildman–Crippen MR) is 102 cm³/mol. The van der Waals surface area contributed by atoms with Gasteiger partial charge in [-0.3, -0.25) is 9.59 Å². The lowest BCUT2D eigenvalue weighted by Gasteiger charge is -2.06. The topological polar surface area (TPSA) is 72.2 Å². The number of nitrogens with two attached hydrogens (primary N) is 1. The highest BCUT2D eigenvalue weighted by Crippen LogP contribution is 2.29. The van der Waals surface area contributed by atoms with E-state index in [0.29, 0.717) is 5.69 Å². The van der Waals surface area contributed by atoms with Crippen LogP contribution in [0.4, 0.5) is 10.1 Å². The van der Waals surface area contributed by atoms with Gasteiger partial charge in [-0.15, -0.1) is 11.3 Å². The highest BCUT2D eigenvalue weighted by Gasteiger charge is 2.08. The molecule has 2 amide bonds. The predicted octanol–water partition coefficient (Wildman–Crippen LogP) is 4.31. The van der Waals surface area contributed by atoms with Crippen LogP contribution in [-0.4, -0.2) is 11.8 Å². The summed E-state index contributed by atoms with van der Waals surface area (Å²) in [4.78, 5) is 25.3. The first-order chi connectivity index (χ1) is 12.5. The van der Waals surface area contributed by atoms with E-state index >= 15 is 0 Å². The number of anilines is 1. The lowest BCUT2D eigenvalue weighted by Crippen LogP contribution is -2.16. The Bertz CT molecular complexity index is 977. The van der Waals surface area contributed by atoms with Crippen LogP contribution in [0.1, 0.15) is 15.2 Å². The van der Waals surface area contributed by atoms with E-state index in [-0.39, 0.29) is 17.3 Å². The maximum atomic E-state index is 13.0. The molecule has 130 valence electrons. The van der Waals surface area contributed by atoms with E-state index in [1.165, 1.54) is 29.5 Å². The normalized spacial score (nSPS) is 10.8. The highest BCUT2D eigenvalue weighted by atomic mass is 32.1. The molecule has 26 heavy (non-hydrogen) atoms. The molecule has 3 rings (SSSR count). The van der Waals surface area contributed by atoms with E-state index in [1.54, 1.807) is 42.5 Å². The molecule has 4 nitrogen and oxygen atoms in total. The van der Waals surface area contributed by atoms with E-state index in [9.17, 15) is 14.0 Å². The number of hydrogen-bond acceptors (Lipinski definition) is 3. The van der Waals surface area contributed by atoms with Gasteiger partial charge in [0, 0.05) is 15.8 Å². The molecule has 0 aliphatic carbocycles. The number of para-hydroxylation sites is 1. The minimum absolute atomic E-state index is 0.254. The molecule has 0 bridgehead atoms. The van der Waals surface area contributed by atoms with Crippen LogP contribution < -0.4 is 11.1 Å². The van der Waals surface area contributed by atoms with E-state index < -0.39 is 5.91 Å². The third-order valence-corrected chi connectivity index (χ3v) is 4.70. The summed E-state index contributed by atoms with van der Waals surface area (Å²) in [6, 6.07) is 16.6. The zero-order valence-electron chi connectivity index (χ0n) is 13.6. The van der Waals surface area contributed by atoms with Crippen molar-refractivity contribution in [3.05, 3.63) is 83.0 Å². The summed E-state index contributed by atoms with van der Waals surface area (Å²) in [5.41, 5.74) is 6.83. The van der Waals surface area contributed by atoms with Crippen LogP contribution in [0.3, 0.4) is 0 Å². The third-order valence-electron chi connectivity index (χ3n) is 3.60. The fourth-order valence-electron chi connectivity index (χ4n) is 2.35. The van der Waals surface area contributed by atoms with Gasteiger partial charge in [0.05, 0.1) is 11.3 Å². The Labute approximate surface area is 153 Å². The minimum atomic E-state index is -0.605. The highest BCUT2D eigenvalue weighted by molar-refractivity contribution is 7.16. The summed E-state index contributed by atoms with van der Waals surface area (Å²) in [6.07, 6.45) is 3.07. The van der Waals surface area contributed by atoms with Crippen molar-refractivity contribution in [1.29, 1.82) is 0 Å². The van der Waals surface area contributed by atoms with Crippen molar-refractivity contribution < 1.29 is 14.0 Å². The molecule has 1 heterocycles. The standard InChI is InChI=1S/C20H15FN2O2S/c21-14-7-5-13(6-8-14)18-11-9-15(26-18)10-12-19(24)23-17-4-2-1-3-16(17)20(22)25/h1-12H,(H2,22,25)(H,23,24)/b12-10+. The van der Waals surface area contributed by atoms with Gasteiger partial charge in [-0.1, -0.05) is 24.3 Å².